The van der Waals surface area contributed by atoms with E-state index < -0.39 is 10.0 Å². The Morgan fingerprint density at radius 2 is 1.55 bits per heavy atom. The summed E-state index contributed by atoms with van der Waals surface area (Å²) in [4.78, 5) is 12.3. The standard InChI is InChI=1S/C26H22N2O4S/c1-32-22-14-9-19(10-15-22)11-18-26(29)27-21-12-16-23(17-13-21)33(30,31)28-25-8-4-6-20-5-2-3-7-24(20)25/h2-18,28H,1H3,(H,27,29)/b18-11+. The van der Waals surface area contributed by atoms with Gasteiger partial charge in [0.1, 0.15) is 5.75 Å². The third-order valence-corrected chi connectivity index (χ3v) is 6.39. The maximum Gasteiger partial charge on any atom is 0.261 e. The number of nitrogens with one attached hydrogen (secondary N) is 2. The number of hydrogen-bond donors (Lipinski definition) is 2. The zero-order chi connectivity index (χ0) is 23.3. The third kappa shape index (κ3) is 5.39. The van der Waals surface area contributed by atoms with Crippen molar-refractivity contribution in [1.82, 2.24) is 0 Å². The molecular formula is C26H22N2O4S. The second kappa shape index (κ2) is 9.58. The van der Waals surface area contributed by atoms with Crippen molar-refractivity contribution < 1.29 is 17.9 Å². The fraction of sp³-hybridized carbons (Fsp3) is 0.0385. The third-order valence-electron chi connectivity index (χ3n) is 5.01. The number of ether oxygens (including phenoxy) is 1. The molecule has 7 heteroatoms. The van der Waals surface area contributed by atoms with Crippen molar-refractivity contribution in [2.75, 3.05) is 17.1 Å². The fourth-order valence-corrected chi connectivity index (χ4v) is 4.39. The highest BCUT2D eigenvalue weighted by Crippen LogP contribution is 2.26. The van der Waals surface area contributed by atoms with E-state index in [1.165, 1.54) is 18.2 Å². The van der Waals surface area contributed by atoms with Crippen LogP contribution in [0.25, 0.3) is 16.8 Å². The van der Waals surface area contributed by atoms with Crippen LogP contribution >= 0.6 is 0 Å². The Bertz CT molecular complexity index is 1410. The molecule has 0 aliphatic rings. The van der Waals surface area contributed by atoms with Crippen LogP contribution in [-0.4, -0.2) is 21.4 Å². The topological polar surface area (TPSA) is 84.5 Å². The number of methoxy groups -OCH3 is 1. The molecule has 6 nitrogen and oxygen atoms in total. The summed E-state index contributed by atoms with van der Waals surface area (Å²) in [7, 11) is -2.20. The second-order valence-corrected chi connectivity index (χ2v) is 8.93. The molecule has 0 fully saturated rings. The molecule has 0 saturated carbocycles. The summed E-state index contributed by atoms with van der Waals surface area (Å²) >= 11 is 0. The Balaban J connectivity index is 1.43. The molecule has 0 bridgehead atoms. The van der Waals surface area contributed by atoms with Crippen LogP contribution in [-0.2, 0) is 14.8 Å². The molecule has 0 aromatic heterocycles. The molecule has 0 saturated heterocycles. The van der Waals surface area contributed by atoms with E-state index in [1.807, 2.05) is 54.6 Å². The Hall–Kier alpha value is -4.10. The summed E-state index contributed by atoms with van der Waals surface area (Å²) < 4.78 is 33.5. The van der Waals surface area contributed by atoms with Gasteiger partial charge in [0.2, 0.25) is 5.91 Å². The van der Waals surface area contributed by atoms with Crippen molar-refractivity contribution in [3.63, 3.8) is 0 Å². The predicted octanol–water partition coefficient (Wildman–Crippen LogP) is 5.30. The van der Waals surface area contributed by atoms with Crippen LogP contribution < -0.4 is 14.8 Å². The zero-order valence-corrected chi connectivity index (χ0v) is 18.7. The predicted molar refractivity (Wildman–Crippen MR) is 132 cm³/mol. The van der Waals surface area contributed by atoms with Gasteiger partial charge in [-0.05, 0) is 59.5 Å². The lowest BCUT2D eigenvalue weighted by molar-refractivity contribution is -0.111. The van der Waals surface area contributed by atoms with Gasteiger partial charge in [0.25, 0.3) is 10.0 Å². The summed E-state index contributed by atoms with van der Waals surface area (Å²) in [5, 5.41) is 4.48. The van der Waals surface area contributed by atoms with Crippen molar-refractivity contribution in [2.24, 2.45) is 0 Å². The van der Waals surface area contributed by atoms with E-state index in [2.05, 4.69) is 10.0 Å². The first-order chi connectivity index (χ1) is 15.9. The smallest absolute Gasteiger partial charge is 0.261 e. The highest BCUT2D eigenvalue weighted by Gasteiger charge is 2.15. The quantitative estimate of drug-likeness (QED) is 0.368. The lowest BCUT2D eigenvalue weighted by atomic mass is 10.1. The van der Waals surface area contributed by atoms with E-state index in [0.29, 0.717) is 11.4 Å². The molecule has 0 heterocycles. The molecule has 4 aromatic rings. The van der Waals surface area contributed by atoms with Gasteiger partial charge < -0.3 is 10.1 Å². The van der Waals surface area contributed by atoms with Crippen molar-refractivity contribution in [3.05, 3.63) is 103 Å². The van der Waals surface area contributed by atoms with Gasteiger partial charge in [0.05, 0.1) is 17.7 Å². The number of hydrogen-bond acceptors (Lipinski definition) is 4. The first-order valence-electron chi connectivity index (χ1n) is 10.2. The molecule has 0 radical (unpaired) electrons. The molecule has 0 aliphatic carbocycles. The number of rotatable bonds is 7. The van der Waals surface area contributed by atoms with Crippen molar-refractivity contribution in [2.45, 2.75) is 4.90 Å². The van der Waals surface area contributed by atoms with Crippen LogP contribution in [0.3, 0.4) is 0 Å². The van der Waals surface area contributed by atoms with Gasteiger partial charge in [0.15, 0.2) is 0 Å². The second-order valence-electron chi connectivity index (χ2n) is 7.25. The maximum absolute atomic E-state index is 12.9. The van der Waals surface area contributed by atoms with E-state index in [4.69, 9.17) is 4.74 Å². The molecule has 0 spiro atoms. The molecule has 166 valence electrons. The van der Waals surface area contributed by atoms with Crippen molar-refractivity contribution in [3.8, 4) is 5.75 Å². The largest absolute Gasteiger partial charge is 0.497 e. The lowest BCUT2D eigenvalue weighted by Crippen LogP contribution is -2.13. The van der Waals surface area contributed by atoms with E-state index >= 15 is 0 Å². The zero-order valence-electron chi connectivity index (χ0n) is 17.9. The minimum atomic E-state index is -3.79. The fourth-order valence-electron chi connectivity index (χ4n) is 3.31. The van der Waals surface area contributed by atoms with Crippen molar-refractivity contribution >= 4 is 44.2 Å². The van der Waals surface area contributed by atoms with Gasteiger partial charge in [-0.1, -0.05) is 48.5 Å². The van der Waals surface area contributed by atoms with E-state index in [0.717, 1.165) is 22.1 Å². The number of carbonyl (C=O) groups excluding carboxylic acids is 1. The molecule has 0 atom stereocenters. The first-order valence-corrected chi connectivity index (χ1v) is 11.7. The van der Waals surface area contributed by atoms with Gasteiger partial charge in [-0.15, -0.1) is 0 Å². The minimum Gasteiger partial charge on any atom is -0.497 e. The number of anilines is 2. The number of fused-ring (bicyclic) bond motifs is 1. The summed E-state index contributed by atoms with van der Waals surface area (Å²) in [5.74, 6) is 0.414. The van der Waals surface area contributed by atoms with Crippen LogP contribution in [0.15, 0.2) is 102 Å². The Morgan fingerprint density at radius 1 is 0.848 bits per heavy atom. The van der Waals surface area contributed by atoms with Crippen LogP contribution in [0.1, 0.15) is 5.56 Å². The Morgan fingerprint density at radius 3 is 2.27 bits per heavy atom. The van der Waals surface area contributed by atoms with Gasteiger partial charge in [-0.25, -0.2) is 8.42 Å². The van der Waals surface area contributed by atoms with Crippen molar-refractivity contribution in [1.29, 1.82) is 0 Å². The molecule has 4 rings (SSSR count). The maximum atomic E-state index is 12.9. The van der Waals surface area contributed by atoms with E-state index in [9.17, 15) is 13.2 Å². The number of amides is 1. The minimum absolute atomic E-state index is 0.0993. The number of carbonyl (C=O) groups is 1. The van der Waals surface area contributed by atoms with E-state index in [1.54, 1.807) is 37.5 Å². The monoisotopic (exact) mass is 458 g/mol. The average molecular weight is 459 g/mol. The Kier molecular flexibility index (Phi) is 6.42. The summed E-state index contributed by atoms with van der Waals surface area (Å²) in [5.41, 5.74) is 1.85. The highest BCUT2D eigenvalue weighted by molar-refractivity contribution is 7.92. The van der Waals surface area contributed by atoms with Gasteiger partial charge in [-0.2, -0.15) is 0 Å². The highest BCUT2D eigenvalue weighted by atomic mass is 32.2. The number of sulfonamides is 1. The average Bonchev–Trinajstić information content (AvgIpc) is 2.83. The van der Waals surface area contributed by atoms with Gasteiger partial charge >= 0.3 is 0 Å². The molecule has 4 aromatic carbocycles. The van der Waals surface area contributed by atoms with Gasteiger partial charge in [0, 0.05) is 17.1 Å². The molecule has 33 heavy (non-hydrogen) atoms. The Labute approximate surface area is 192 Å². The van der Waals surface area contributed by atoms with Crippen LogP contribution in [0, 0.1) is 0 Å². The van der Waals surface area contributed by atoms with Crippen LogP contribution in [0.2, 0.25) is 0 Å². The molecular weight excluding hydrogens is 436 g/mol. The van der Waals surface area contributed by atoms with E-state index in [-0.39, 0.29) is 10.8 Å². The molecule has 0 unspecified atom stereocenters. The summed E-state index contributed by atoms with van der Waals surface area (Å²) in [6.07, 6.45) is 3.09. The molecule has 1 amide bonds. The first kappa shape index (κ1) is 22.1. The summed E-state index contributed by atoms with van der Waals surface area (Å²) in [6, 6.07) is 26.3. The lowest BCUT2D eigenvalue weighted by Gasteiger charge is -2.11. The SMILES string of the molecule is COc1ccc(/C=C/C(=O)Nc2ccc(S(=O)(=O)Nc3cccc4ccccc34)cc2)cc1. The van der Waals surface area contributed by atoms with Gasteiger partial charge in [-0.3, -0.25) is 9.52 Å². The molecule has 0 aliphatic heterocycles. The van der Waals surface area contributed by atoms with Crippen LogP contribution in [0.5, 0.6) is 5.75 Å². The normalized spacial score (nSPS) is 11.4. The summed E-state index contributed by atoms with van der Waals surface area (Å²) in [6.45, 7) is 0. The van der Waals surface area contributed by atoms with Crippen LogP contribution in [0.4, 0.5) is 11.4 Å². The molecule has 2 N–H and O–H groups in total. The number of benzene rings is 4.